The van der Waals surface area contributed by atoms with Gasteiger partial charge < -0.3 is 10.1 Å². The number of carbonyl (C=O) groups excluding carboxylic acids is 1. The molecule has 1 atom stereocenters. The molecule has 1 aliphatic rings. The summed E-state index contributed by atoms with van der Waals surface area (Å²) in [4.78, 5) is 11.0. The number of hydrogen-bond donors (Lipinski definition) is 1. The third kappa shape index (κ3) is 2.50. The van der Waals surface area contributed by atoms with Crippen LogP contribution in [0.15, 0.2) is 28.7 Å². The molecule has 3 nitrogen and oxygen atoms in total. The highest BCUT2D eigenvalue weighted by atomic mass is 79.9. The van der Waals surface area contributed by atoms with Gasteiger partial charge in [-0.3, -0.25) is 0 Å². The molecule has 1 unspecified atom stereocenters. The monoisotopic (exact) mass is 269 g/mol. The number of cyclic esters (lactones) is 1. The lowest BCUT2D eigenvalue weighted by molar-refractivity contribution is 0.0725. The molecule has 1 amide bonds. The molecule has 80 valence electrons. The van der Waals surface area contributed by atoms with E-state index in [1.807, 2.05) is 31.2 Å². The number of halogens is 1. The molecule has 1 saturated heterocycles. The Kier molecular flexibility index (Phi) is 2.69. The van der Waals surface area contributed by atoms with Crippen LogP contribution >= 0.6 is 15.9 Å². The highest BCUT2D eigenvalue weighted by Crippen LogP contribution is 2.22. The van der Waals surface area contributed by atoms with Gasteiger partial charge in [-0.05, 0) is 24.6 Å². The lowest BCUT2D eigenvalue weighted by Gasteiger charge is -2.20. The molecule has 1 heterocycles. The van der Waals surface area contributed by atoms with Crippen molar-refractivity contribution in [3.8, 4) is 0 Å². The van der Waals surface area contributed by atoms with E-state index in [1.54, 1.807) is 0 Å². The number of amides is 1. The van der Waals surface area contributed by atoms with E-state index < -0.39 is 5.60 Å². The van der Waals surface area contributed by atoms with Crippen molar-refractivity contribution in [2.45, 2.75) is 18.9 Å². The molecule has 0 radical (unpaired) electrons. The highest BCUT2D eigenvalue weighted by molar-refractivity contribution is 9.10. The lowest BCUT2D eigenvalue weighted by Crippen LogP contribution is -2.31. The summed E-state index contributed by atoms with van der Waals surface area (Å²) in [6.45, 7) is 2.50. The van der Waals surface area contributed by atoms with E-state index in [0.717, 1.165) is 16.5 Å². The van der Waals surface area contributed by atoms with E-state index in [0.29, 0.717) is 6.54 Å². The third-order valence-corrected chi connectivity index (χ3v) is 2.91. The van der Waals surface area contributed by atoms with Gasteiger partial charge in [0.05, 0.1) is 6.54 Å². The van der Waals surface area contributed by atoms with Gasteiger partial charge in [-0.25, -0.2) is 4.79 Å². The Hall–Kier alpha value is -1.03. The standard InChI is InChI=1S/C11H12BrNO2/c1-11(7-13-10(14)15-11)6-8-3-2-4-9(12)5-8/h2-5H,6-7H2,1H3,(H,13,14). The lowest BCUT2D eigenvalue weighted by atomic mass is 9.97. The van der Waals surface area contributed by atoms with Crippen LogP contribution in [0.1, 0.15) is 12.5 Å². The van der Waals surface area contributed by atoms with Crippen molar-refractivity contribution in [1.29, 1.82) is 0 Å². The van der Waals surface area contributed by atoms with Gasteiger partial charge in [0.15, 0.2) is 0 Å². The number of rotatable bonds is 2. The van der Waals surface area contributed by atoms with E-state index in [1.165, 1.54) is 0 Å². The topological polar surface area (TPSA) is 38.3 Å². The summed E-state index contributed by atoms with van der Waals surface area (Å²) in [7, 11) is 0. The molecule has 0 spiro atoms. The Morgan fingerprint density at radius 1 is 1.60 bits per heavy atom. The predicted octanol–water partition coefficient (Wildman–Crippen LogP) is 2.49. The maximum atomic E-state index is 11.0. The fourth-order valence-corrected chi connectivity index (χ4v) is 2.18. The number of benzene rings is 1. The van der Waals surface area contributed by atoms with E-state index in [9.17, 15) is 4.79 Å². The van der Waals surface area contributed by atoms with Crippen LogP contribution in [-0.2, 0) is 11.2 Å². The van der Waals surface area contributed by atoms with Crippen LogP contribution in [0.25, 0.3) is 0 Å². The van der Waals surface area contributed by atoms with Crippen LogP contribution in [0.4, 0.5) is 4.79 Å². The smallest absolute Gasteiger partial charge is 0.407 e. The van der Waals surface area contributed by atoms with Crippen molar-refractivity contribution in [3.05, 3.63) is 34.3 Å². The molecule has 1 fully saturated rings. The molecule has 4 heteroatoms. The van der Waals surface area contributed by atoms with Gasteiger partial charge in [0.2, 0.25) is 0 Å². The van der Waals surface area contributed by atoms with Crippen LogP contribution < -0.4 is 5.32 Å². The first kappa shape index (κ1) is 10.5. The van der Waals surface area contributed by atoms with E-state index >= 15 is 0 Å². The van der Waals surface area contributed by atoms with Gasteiger partial charge in [-0.2, -0.15) is 0 Å². The van der Waals surface area contributed by atoms with E-state index in [2.05, 4.69) is 21.2 Å². The van der Waals surface area contributed by atoms with Gasteiger partial charge in [-0.15, -0.1) is 0 Å². The van der Waals surface area contributed by atoms with Gasteiger partial charge in [0, 0.05) is 10.9 Å². The van der Waals surface area contributed by atoms with Crippen molar-refractivity contribution in [1.82, 2.24) is 5.32 Å². The molecule has 0 aromatic heterocycles. The SMILES string of the molecule is CC1(Cc2cccc(Br)c2)CNC(=O)O1. The first-order valence-electron chi connectivity index (χ1n) is 4.79. The molecular weight excluding hydrogens is 258 g/mol. The summed E-state index contributed by atoms with van der Waals surface area (Å²) in [5.41, 5.74) is 0.737. The zero-order valence-electron chi connectivity index (χ0n) is 8.42. The number of ether oxygens (including phenoxy) is 1. The molecule has 2 rings (SSSR count). The number of alkyl carbamates (subject to hydrolysis) is 1. The summed E-state index contributed by atoms with van der Waals surface area (Å²) < 4.78 is 6.27. The molecule has 1 aliphatic heterocycles. The number of nitrogens with one attached hydrogen (secondary N) is 1. The summed E-state index contributed by atoms with van der Waals surface area (Å²) in [5, 5.41) is 2.67. The largest absolute Gasteiger partial charge is 0.441 e. The molecular formula is C11H12BrNO2. The summed E-state index contributed by atoms with van der Waals surface area (Å²) >= 11 is 3.42. The van der Waals surface area contributed by atoms with E-state index in [4.69, 9.17) is 4.74 Å². The Morgan fingerprint density at radius 2 is 2.40 bits per heavy atom. The van der Waals surface area contributed by atoms with E-state index in [-0.39, 0.29) is 6.09 Å². The van der Waals surface area contributed by atoms with Crippen molar-refractivity contribution >= 4 is 22.0 Å². The maximum absolute atomic E-state index is 11.0. The fraction of sp³-hybridized carbons (Fsp3) is 0.364. The molecule has 1 aromatic rings. The summed E-state index contributed by atoms with van der Waals surface area (Å²) in [6, 6.07) is 8.03. The van der Waals surface area contributed by atoms with Gasteiger partial charge in [-0.1, -0.05) is 28.1 Å². The van der Waals surface area contributed by atoms with Gasteiger partial charge in [0.1, 0.15) is 5.60 Å². The Morgan fingerprint density at radius 3 is 3.00 bits per heavy atom. The second-order valence-corrected chi connectivity index (χ2v) is 4.92. The minimum atomic E-state index is -0.419. The minimum Gasteiger partial charge on any atom is -0.441 e. The van der Waals surface area contributed by atoms with Gasteiger partial charge >= 0.3 is 6.09 Å². The Bertz CT molecular complexity index is 394. The Labute approximate surface area is 96.9 Å². The summed E-state index contributed by atoms with van der Waals surface area (Å²) in [6.07, 6.45) is 0.401. The Balaban J connectivity index is 2.11. The average molecular weight is 270 g/mol. The van der Waals surface area contributed by atoms with Crippen LogP contribution in [0, 0.1) is 0 Å². The first-order valence-corrected chi connectivity index (χ1v) is 5.58. The minimum absolute atomic E-state index is 0.326. The zero-order chi connectivity index (χ0) is 10.9. The van der Waals surface area contributed by atoms with Crippen molar-refractivity contribution in [2.75, 3.05) is 6.54 Å². The maximum Gasteiger partial charge on any atom is 0.407 e. The molecule has 1 aromatic carbocycles. The molecule has 0 saturated carbocycles. The van der Waals surface area contributed by atoms with Crippen LogP contribution in [0.2, 0.25) is 0 Å². The van der Waals surface area contributed by atoms with Crippen LogP contribution in [-0.4, -0.2) is 18.2 Å². The van der Waals surface area contributed by atoms with Crippen molar-refractivity contribution < 1.29 is 9.53 Å². The molecule has 0 aliphatic carbocycles. The van der Waals surface area contributed by atoms with Gasteiger partial charge in [0.25, 0.3) is 0 Å². The molecule has 1 N–H and O–H groups in total. The quantitative estimate of drug-likeness (QED) is 0.896. The van der Waals surface area contributed by atoms with Crippen LogP contribution in [0.5, 0.6) is 0 Å². The highest BCUT2D eigenvalue weighted by Gasteiger charge is 2.35. The fourth-order valence-electron chi connectivity index (χ4n) is 1.73. The first-order chi connectivity index (χ1) is 7.07. The summed E-state index contributed by atoms with van der Waals surface area (Å²) in [5.74, 6) is 0. The number of carbonyl (C=O) groups is 1. The normalized spacial score (nSPS) is 24.8. The molecule has 0 bridgehead atoms. The van der Waals surface area contributed by atoms with Crippen molar-refractivity contribution in [2.24, 2.45) is 0 Å². The second-order valence-electron chi connectivity index (χ2n) is 4.00. The average Bonchev–Trinajstić information content (AvgIpc) is 2.45. The third-order valence-electron chi connectivity index (χ3n) is 2.41. The molecule has 15 heavy (non-hydrogen) atoms. The van der Waals surface area contributed by atoms with Crippen LogP contribution in [0.3, 0.4) is 0 Å². The van der Waals surface area contributed by atoms with Crippen molar-refractivity contribution in [3.63, 3.8) is 0 Å². The zero-order valence-corrected chi connectivity index (χ0v) is 10.0. The number of hydrogen-bond acceptors (Lipinski definition) is 2. The second kappa shape index (κ2) is 3.85. The predicted molar refractivity (Wildman–Crippen MR) is 60.7 cm³/mol.